The second kappa shape index (κ2) is 12.1. The van der Waals surface area contributed by atoms with Gasteiger partial charge in [-0.25, -0.2) is 0 Å². The summed E-state index contributed by atoms with van der Waals surface area (Å²) in [4.78, 5) is 11.7. The third kappa shape index (κ3) is 9.28. The summed E-state index contributed by atoms with van der Waals surface area (Å²) < 4.78 is 10.3. The Morgan fingerprint density at radius 2 is 2.15 bits per heavy atom. The van der Waals surface area contributed by atoms with Crippen LogP contribution < -0.4 is 10.6 Å². The summed E-state index contributed by atoms with van der Waals surface area (Å²) in [7, 11) is 1.67. The molecule has 0 aliphatic carbocycles. The molecule has 118 valence electrons. The molecule has 1 rings (SSSR count). The zero-order chi connectivity index (χ0) is 14.5. The first kappa shape index (κ1) is 17.4. The molecular formula is C15H30N2O3. The molecule has 20 heavy (non-hydrogen) atoms. The summed E-state index contributed by atoms with van der Waals surface area (Å²) >= 11 is 0. The summed E-state index contributed by atoms with van der Waals surface area (Å²) in [5, 5.41) is 6.45. The molecule has 1 heterocycles. The molecule has 0 bridgehead atoms. The highest BCUT2D eigenvalue weighted by Gasteiger charge is 2.13. The summed E-state index contributed by atoms with van der Waals surface area (Å²) in [6.45, 7) is 3.90. The van der Waals surface area contributed by atoms with Gasteiger partial charge in [-0.3, -0.25) is 4.79 Å². The zero-order valence-electron chi connectivity index (χ0n) is 12.8. The van der Waals surface area contributed by atoms with Gasteiger partial charge < -0.3 is 20.1 Å². The van der Waals surface area contributed by atoms with E-state index >= 15 is 0 Å². The molecule has 0 aromatic heterocycles. The molecule has 0 radical (unpaired) electrons. The van der Waals surface area contributed by atoms with Crippen molar-refractivity contribution in [3.63, 3.8) is 0 Å². The first-order valence-corrected chi connectivity index (χ1v) is 7.89. The van der Waals surface area contributed by atoms with Crippen molar-refractivity contribution in [2.24, 2.45) is 0 Å². The molecular weight excluding hydrogens is 256 g/mol. The van der Waals surface area contributed by atoms with Gasteiger partial charge in [0.2, 0.25) is 5.91 Å². The Morgan fingerprint density at radius 3 is 2.90 bits per heavy atom. The van der Waals surface area contributed by atoms with Gasteiger partial charge in [-0.1, -0.05) is 6.42 Å². The number of hydrogen-bond donors (Lipinski definition) is 2. The van der Waals surface area contributed by atoms with Gasteiger partial charge in [0.15, 0.2) is 0 Å². The number of piperidine rings is 1. The van der Waals surface area contributed by atoms with Crippen molar-refractivity contribution in [2.45, 2.75) is 51.0 Å². The Hall–Kier alpha value is -0.650. The first-order valence-electron chi connectivity index (χ1n) is 7.89. The maximum atomic E-state index is 11.7. The lowest BCUT2D eigenvalue weighted by Crippen LogP contribution is -2.35. The molecule has 1 fully saturated rings. The SMILES string of the molecule is COCCOCCCCNC(=O)CCC1CCCCN1. The molecule has 1 saturated heterocycles. The molecule has 0 saturated carbocycles. The smallest absolute Gasteiger partial charge is 0.220 e. The van der Waals surface area contributed by atoms with Gasteiger partial charge in [0.1, 0.15) is 0 Å². The van der Waals surface area contributed by atoms with Crippen LogP contribution in [0.3, 0.4) is 0 Å². The lowest BCUT2D eigenvalue weighted by atomic mass is 10.0. The van der Waals surface area contributed by atoms with E-state index in [2.05, 4.69) is 10.6 Å². The van der Waals surface area contributed by atoms with Gasteiger partial charge in [-0.2, -0.15) is 0 Å². The largest absolute Gasteiger partial charge is 0.382 e. The van der Waals surface area contributed by atoms with Gasteiger partial charge in [0.05, 0.1) is 13.2 Å². The van der Waals surface area contributed by atoms with Crippen LogP contribution in [0.25, 0.3) is 0 Å². The monoisotopic (exact) mass is 286 g/mol. The molecule has 0 aromatic carbocycles. The van der Waals surface area contributed by atoms with Gasteiger partial charge in [0, 0.05) is 32.7 Å². The number of carbonyl (C=O) groups excluding carboxylic acids is 1. The predicted octanol–water partition coefficient (Wildman–Crippen LogP) is 1.47. The third-order valence-corrected chi connectivity index (χ3v) is 3.60. The van der Waals surface area contributed by atoms with Crippen LogP contribution >= 0.6 is 0 Å². The third-order valence-electron chi connectivity index (χ3n) is 3.60. The van der Waals surface area contributed by atoms with E-state index in [0.717, 1.165) is 39.0 Å². The molecule has 1 aliphatic heterocycles. The van der Waals surface area contributed by atoms with Gasteiger partial charge in [0.25, 0.3) is 0 Å². The van der Waals surface area contributed by atoms with Crippen LogP contribution in [0.2, 0.25) is 0 Å². The highest BCUT2D eigenvalue weighted by molar-refractivity contribution is 5.75. The first-order chi connectivity index (χ1) is 9.83. The maximum Gasteiger partial charge on any atom is 0.220 e. The Bertz CT molecular complexity index is 243. The van der Waals surface area contributed by atoms with Crippen molar-refractivity contribution < 1.29 is 14.3 Å². The Balaban J connectivity index is 1.84. The van der Waals surface area contributed by atoms with Gasteiger partial charge in [-0.05, 0) is 38.6 Å². The number of methoxy groups -OCH3 is 1. The molecule has 1 unspecified atom stereocenters. The van der Waals surface area contributed by atoms with E-state index in [-0.39, 0.29) is 5.91 Å². The predicted molar refractivity (Wildman–Crippen MR) is 79.8 cm³/mol. The van der Waals surface area contributed by atoms with E-state index in [1.54, 1.807) is 7.11 Å². The second-order valence-electron chi connectivity index (χ2n) is 5.35. The van der Waals surface area contributed by atoms with Crippen molar-refractivity contribution in [3.05, 3.63) is 0 Å². The van der Waals surface area contributed by atoms with Gasteiger partial charge in [-0.15, -0.1) is 0 Å². The molecule has 1 atom stereocenters. The molecule has 5 nitrogen and oxygen atoms in total. The molecule has 0 spiro atoms. The maximum absolute atomic E-state index is 11.7. The van der Waals surface area contributed by atoms with Crippen LogP contribution in [-0.2, 0) is 14.3 Å². The van der Waals surface area contributed by atoms with Crippen molar-refractivity contribution in [2.75, 3.05) is 40.0 Å². The molecule has 0 aromatic rings. The fraction of sp³-hybridized carbons (Fsp3) is 0.933. The second-order valence-corrected chi connectivity index (χ2v) is 5.35. The highest BCUT2D eigenvalue weighted by Crippen LogP contribution is 2.11. The number of nitrogens with one attached hydrogen (secondary N) is 2. The Labute approximate surface area is 122 Å². The van der Waals surface area contributed by atoms with E-state index in [1.807, 2.05) is 0 Å². The van der Waals surface area contributed by atoms with Crippen molar-refractivity contribution in [1.82, 2.24) is 10.6 Å². The summed E-state index contributed by atoms with van der Waals surface area (Å²) in [5.41, 5.74) is 0. The minimum Gasteiger partial charge on any atom is -0.382 e. The lowest BCUT2D eigenvalue weighted by molar-refractivity contribution is -0.121. The van der Waals surface area contributed by atoms with E-state index < -0.39 is 0 Å². The number of amides is 1. The topological polar surface area (TPSA) is 59.6 Å². The Kier molecular flexibility index (Phi) is 10.5. The average Bonchev–Trinajstić information content (AvgIpc) is 2.49. The fourth-order valence-corrected chi connectivity index (χ4v) is 2.37. The van der Waals surface area contributed by atoms with Crippen molar-refractivity contribution in [1.29, 1.82) is 0 Å². The molecule has 1 amide bonds. The summed E-state index contributed by atoms with van der Waals surface area (Å²) in [6.07, 6.45) is 7.34. The zero-order valence-corrected chi connectivity index (χ0v) is 12.8. The quantitative estimate of drug-likeness (QED) is 0.565. The molecule has 1 aliphatic rings. The minimum atomic E-state index is 0.178. The number of unbranched alkanes of at least 4 members (excludes halogenated alkanes) is 1. The van der Waals surface area contributed by atoms with Crippen LogP contribution in [0.5, 0.6) is 0 Å². The minimum absolute atomic E-state index is 0.178. The van der Waals surface area contributed by atoms with Crippen LogP contribution in [0.15, 0.2) is 0 Å². The number of ether oxygens (including phenoxy) is 2. The summed E-state index contributed by atoms with van der Waals surface area (Å²) in [5.74, 6) is 0.178. The standard InChI is InChI=1S/C15H30N2O3/c1-19-12-13-20-11-5-4-10-17-15(18)8-7-14-6-2-3-9-16-14/h14,16H,2-13H2,1H3,(H,17,18). The van der Waals surface area contributed by atoms with Crippen LogP contribution in [-0.4, -0.2) is 52.0 Å². The van der Waals surface area contributed by atoms with Gasteiger partial charge >= 0.3 is 0 Å². The van der Waals surface area contributed by atoms with Crippen molar-refractivity contribution in [3.8, 4) is 0 Å². The highest BCUT2D eigenvalue weighted by atomic mass is 16.5. The van der Waals surface area contributed by atoms with E-state index in [0.29, 0.717) is 25.7 Å². The normalized spacial score (nSPS) is 18.9. The number of carbonyl (C=O) groups is 1. The van der Waals surface area contributed by atoms with E-state index in [9.17, 15) is 4.79 Å². The molecule has 2 N–H and O–H groups in total. The van der Waals surface area contributed by atoms with E-state index in [4.69, 9.17) is 9.47 Å². The lowest BCUT2D eigenvalue weighted by Gasteiger charge is -2.23. The Morgan fingerprint density at radius 1 is 1.25 bits per heavy atom. The van der Waals surface area contributed by atoms with Crippen LogP contribution in [0.1, 0.15) is 44.9 Å². The average molecular weight is 286 g/mol. The van der Waals surface area contributed by atoms with Crippen LogP contribution in [0, 0.1) is 0 Å². The van der Waals surface area contributed by atoms with E-state index in [1.165, 1.54) is 19.3 Å². The summed E-state index contributed by atoms with van der Waals surface area (Å²) in [6, 6.07) is 0.545. The number of rotatable bonds is 11. The number of hydrogen-bond acceptors (Lipinski definition) is 4. The fourth-order valence-electron chi connectivity index (χ4n) is 2.37. The van der Waals surface area contributed by atoms with Crippen LogP contribution in [0.4, 0.5) is 0 Å². The van der Waals surface area contributed by atoms with Crippen molar-refractivity contribution >= 4 is 5.91 Å². The molecule has 5 heteroatoms.